The maximum Gasteiger partial charge on any atom is 0.230 e. The second-order valence-electron chi connectivity index (χ2n) is 4.93. The van der Waals surface area contributed by atoms with Gasteiger partial charge in [-0.2, -0.15) is 0 Å². The van der Waals surface area contributed by atoms with Gasteiger partial charge in [0.1, 0.15) is 0 Å². The molecule has 2 atom stereocenters. The zero-order valence-corrected chi connectivity index (χ0v) is 9.85. The smallest absolute Gasteiger partial charge is 0.230 e. The number of hydrogen-bond acceptors (Lipinski definition) is 2. The van der Waals surface area contributed by atoms with Gasteiger partial charge in [-0.3, -0.25) is 14.5 Å². The minimum Gasteiger partial charge on any atom is -0.279 e. The first-order valence-electron chi connectivity index (χ1n) is 6.09. The minimum atomic E-state index is 0.00533. The normalized spacial score (nSPS) is 27.7. The number of aryl methyl sites for hydroxylation is 1. The highest BCUT2D eigenvalue weighted by Gasteiger charge is 2.47. The fraction of sp³-hybridized carbons (Fsp3) is 0.429. The Hall–Kier alpha value is -1.64. The molecule has 0 aromatic heterocycles. The average Bonchev–Trinajstić information content (AvgIpc) is 2.83. The molecule has 0 N–H and O–H groups in total. The number of benzene rings is 1. The van der Waals surface area contributed by atoms with Gasteiger partial charge in [-0.05, 0) is 24.5 Å². The Labute approximate surface area is 100 Å². The molecule has 1 aromatic rings. The molecule has 2 fully saturated rings. The van der Waals surface area contributed by atoms with Gasteiger partial charge in [0.2, 0.25) is 11.8 Å². The maximum atomic E-state index is 11.9. The molecule has 2 saturated heterocycles. The van der Waals surface area contributed by atoms with Crippen LogP contribution in [-0.2, 0) is 9.59 Å². The van der Waals surface area contributed by atoms with Gasteiger partial charge in [-0.15, -0.1) is 0 Å². The maximum absolute atomic E-state index is 11.9. The van der Waals surface area contributed by atoms with Gasteiger partial charge < -0.3 is 0 Å². The molecule has 2 heterocycles. The summed E-state index contributed by atoms with van der Waals surface area (Å²) in [7, 11) is 0. The fourth-order valence-electron chi connectivity index (χ4n) is 3.15. The van der Waals surface area contributed by atoms with E-state index in [1.807, 2.05) is 12.1 Å². The molecule has 17 heavy (non-hydrogen) atoms. The van der Waals surface area contributed by atoms with E-state index in [9.17, 15) is 9.59 Å². The first-order chi connectivity index (χ1) is 8.18. The molecule has 0 radical (unpaired) electrons. The van der Waals surface area contributed by atoms with Crippen LogP contribution in [-0.4, -0.2) is 22.8 Å². The highest BCUT2D eigenvalue weighted by molar-refractivity contribution is 5.99. The third kappa shape index (κ3) is 1.49. The predicted octanol–water partition coefficient (Wildman–Crippen LogP) is 2.00. The number of carbonyl (C=O) groups is 2. The lowest BCUT2D eigenvalue weighted by atomic mass is 9.88. The Morgan fingerprint density at radius 3 is 2.71 bits per heavy atom. The first-order valence-corrected chi connectivity index (χ1v) is 6.09. The summed E-state index contributed by atoms with van der Waals surface area (Å²) >= 11 is 0. The largest absolute Gasteiger partial charge is 0.279 e. The van der Waals surface area contributed by atoms with Crippen molar-refractivity contribution in [2.75, 3.05) is 0 Å². The third-order valence-electron chi connectivity index (χ3n) is 3.97. The topological polar surface area (TPSA) is 37.4 Å². The Bertz CT molecular complexity index is 495. The molecule has 3 nitrogen and oxygen atoms in total. The second-order valence-corrected chi connectivity index (χ2v) is 4.93. The number of carbonyl (C=O) groups excluding carboxylic acids is 2. The fourth-order valence-corrected chi connectivity index (χ4v) is 3.15. The lowest BCUT2D eigenvalue weighted by Crippen LogP contribution is -2.32. The van der Waals surface area contributed by atoms with Crippen molar-refractivity contribution in [1.82, 2.24) is 4.90 Å². The molecule has 2 aliphatic heterocycles. The molecule has 2 amide bonds. The van der Waals surface area contributed by atoms with Crippen molar-refractivity contribution in [2.24, 2.45) is 0 Å². The molecule has 0 aliphatic carbocycles. The average molecular weight is 229 g/mol. The zero-order valence-electron chi connectivity index (χ0n) is 9.85. The summed E-state index contributed by atoms with van der Waals surface area (Å²) in [5.74, 6) is 0.219. The van der Waals surface area contributed by atoms with E-state index < -0.39 is 0 Å². The van der Waals surface area contributed by atoms with Crippen molar-refractivity contribution in [3.63, 3.8) is 0 Å². The van der Waals surface area contributed by atoms with Crippen LogP contribution in [0, 0.1) is 6.92 Å². The van der Waals surface area contributed by atoms with Crippen molar-refractivity contribution in [1.29, 1.82) is 0 Å². The SMILES string of the molecule is Cc1ccccc1[C@@H]1CC(=O)N2C(=O)CC[C@@H]12. The quantitative estimate of drug-likeness (QED) is 0.691. The minimum absolute atomic E-state index is 0.00533. The Morgan fingerprint density at radius 1 is 1.18 bits per heavy atom. The lowest BCUT2D eigenvalue weighted by molar-refractivity contribution is -0.140. The van der Waals surface area contributed by atoms with Crippen LogP contribution in [0.5, 0.6) is 0 Å². The number of amides is 2. The van der Waals surface area contributed by atoms with E-state index in [0.717, 1.165) is 6.42 Å². The molecule has 0 saturated carbocycles. The molecule has 88 valence electrons. The van der Waals surface area contributed by atoms with E-state index in [1.54, 1.807) is 0 Å². The predicted molar refractivity (Wildman–Crippen MR) is 63.4 cm³/mol. The molecule has 0 unspecified atom stereocenters. The van der Waals surface area contributed by atoms with Crippen LogP contribution in [0.3, 0.4) is 0 Å². The van der Waals surface area contributed by atoms with Gasteiger partial charge in [0.05, 0.1) is 0 Å². The van der Waals surface area contributed by atoms with Gasteiger partial charge in [0.25, 0.3) is 0 Å². The second kappa shape index (κ2) is 3.69. The van der Waals surface area contributed by atoms with Crippen LogP contribution in [0.15, 0.2) is 24.3 Å². The standard InChI is InChI=1S/C14H15NO2/c1-9-4-2-3-5-10(9)11-8-14(17)15-12(11)6-7-13(15)16/h2-5,11-12H,6-8H2,1H3/t11-,12-/m0/s1. The third-order valence-corrected chi connectivity index (χ3v) is 3.97. The van der Waals surface area contributed by atoms with Gasteiger partial charge in [0.15, 0.2) is 0 Å². The van der Waals surface area contributed by atoms with Gasteiger partial charge >= 0.3 is 0 Å². The number of hydrogen-bond donors (Lipinski definition) is 0. The van der Waals surface area contributed by atoms with Crippen molar-refractivity contribution >= 4 is 11.8 Å². The van der Waals surface area contributed by atoms with Crippen LogP contribution >= 0.6 is 0 Å². The molecule has 0 spiro atoms. The molecular formula is C14H15NO2. The summed E-state index contributed by atoms with van der Waals surface area (Å²) in [5.41, 5.74) is 2.44. The van der Waals surface area contributed by atoms with Crippen LogP contribution in [0.2, 0.25) is 0 Å². The Kier molecular flexibility index (Phi) is 2.28. The monoisotopic (exact) mass is 229 g/mol. The van der Waals surface area contributed by atoms with E-state index in [-0.39, 0.29) is 23.8 Å². The number of fused-ring (bicyclic) bond motifs is 1. The highest BCUT2D eigenvalue weighted by atomic mass is 16.2. The van der Waals surface area contributed by atoms with Gasteiger partial charge in [0, 0.05) is 24.8 Å². The Balaban J connectivity index is 1.99. The molecule has 3 rings (SSSR count). The van der Waals surface area contributed by atoms with E-state index in [4.69, 9.17) is 0 Å². The molecule has 1 aromatic carbocycles. The molecule has 0 bridgehead atoms. The molecule has 2 aliphatic rings. The van der Waals surface area contributed by atoms with E-state index in [2.05, 4.69) is 19.1 Å². The van der Waals surface area contributed by atoms with Gasteiger partial charge in [-0.1, -0.05) is 24.3 Å². The Morgan fingerprint density at radius 2 is 1.94 bits per heavy atom. The number of imide groups is 1. The van der Waals surface area contributed by atoms with Crippen LogP contribution in [0.25, 0.3) is 0 Å². The van der Waals surface area contributed by atoms with Crippen molar-refractivity contribution in [3.8, 4) is 0 Å². The molecule has 3 heteroatoms. The zero-order chi connectivity index (χ0) is 12.0. The summed E-state index contributed by atoms with van der Waals surface area (Å²) in [6.07, 6.45) is 1.84. The summed E-state index contributed by atoms with van der Waals surface area (Å²) in [6, 6.07) is 8.27. The number of nitrogens with zero attached hydrogens (tertiary/aromatic N) is 1. The van der Waals surface area contributed by atoms with Crippen molar-refractivity contribution in [3.05, 3.63) is 35.4 Å². The summed E-state index contributed by atoms with van der Waals surface area (Å²) < 4.78 is 0. The van der Waals surface area contributed by atoms with Crippen molar-refractivity contribution in [2.45, 2.75) is 38.1 Å². The lowest BCUT2D eigenvalue weighted by Gasteiger charge is -2.20. The number of rotatable bonds is 1. The highest BCUT2D eigenvalue weighted by Crippen LogP contribution is 2.41. The van der Waals surface area contributed by atoms with E-state index >= 15 is 0 Å². The summed E-state index contributed by atoms with van der Waals surface area (Å²) in [6.45, 7) is 2.07. The molecular weight excluding hydrogens is 214 g/mol. The van der Waals surface area contributed by atoms with Crippen LogP contribution in [0.1, 0.15) is 36.3 Å². The first kappa shape index (κ1) is 10.5. The summed E-state index contributed by atoms with van der Waals surface area (Å²) in [5, 5.41) is 0. The van der Waals surface area contributed by atoms with E-state index in [1.165, 1.54) is 16.0 Å². The van der Waals surface area contributed by atoms with E-state index in [0.29, 0.717) is 12.8 Å². The van der Waals surface area contributed by atoms with Crippen LogP contribution < -0.4 is 0 Å². The van der Waals surface area contributed by atoms with Gasteiger partial charge in [-0.25, -0.2) is 0 Å². The van der Waals surface area contributed by atoms with Crippen LogP contribution in [0.4, 0.5) is 0 Å². The summed E-state index contributed by atoms with van der Waals surface area (Å²) in [4.78, 5) is 25.0. The van der Waals surface area contributed by atoms with Crippen molar-refractivity contribution < 1.29 is 9.59 Å².